The highest BCUT2D eigenvalue weighted by Crippen LogP contribution is 2.43. The topological polar surface area (TPSA) is 48.6 Å². The van der Waals surface area contributed by atoms with Crippen LogP contribution in [0.1, 0.15) is 36.8 Å². The van der Waals surface area contributed by atoms with Crippen LogP contribution in [-0.4, -0.2) is 18.4 Å². The molecule has 0 amide bonds. The van der Waals surface area contributed by atoms with Crippen LogP contribution in [0.15, 0.2) is 53.6 Å². The molecule has 0 radical (unpaired) electrons. The van der Waals surface area contributed by atoms with Crippen molar-refractivity contribution in [1.29, 1.82) is 5.26 Å². The van der Waals surface area contributed by atoms with Gasteiger partial charge < -0.3 is 4.74 Å². The van der Waals surface area contributed by atoms with E-state index in [0.717, 1.165) is 22.7 Å². The van der Waals surface area contributed by atoms with Crippen LogP contribution < -0.4 is 9.75 Å². The standard InChI is InChI=1S/C22H21N3O/c23-13-15-9-11-17(12-10-15)25-22(16-5-1-2-6-16)19-14-26-20-8-4-3-7-18(20)21(19)24-25/h3-4,7-12,16,19,22H,1-2,5-6,14H2/t19-,22-/m0/s1. The first kappa shape index (κ1) is 15.5. The Balaban J connectivity index is 1.58. The number of anilines is 1. The first-order chi connectivity index (χ1) is 12.8. The van der Waals surface area contributed by atoms with Gasteiger partial charge in [-0.2, -0.15) is 10.4 Å². The fraction of sp³-hybridized carbons (Fsp3) is 0.364. The molecule has 0 saturated heterocycles. The normalized spacial score (nSPS) is 24.4. The van der Waals surface area contributed by atoms with E-state index in [-0.39, 0.29) is 0 Å². The van der Waals surface area contributed by atoms with E-state index >= 15 is 0 Å². The second-order valence-corrected chi connectivity index (χ2v) is 7.44. The summed E-state index contributed by atoms with van der Waals surface area (Å²) in [5, 5.41) is 16.4. The zero-order chi connectivity index (χ0) is 17.5. The quantitative estimate of drug-likeness (QED) is 0.814. The Morgan fingerprint density at radius 2 is 1.81 bits per heavy atom. The van der Waals surface area contributed by atoms with Crippen molar-refractivity contribution in [3.8, 4) is 11.8 Å². The molecule has 0 aromatic heterocycles. The highest BCUT2D eigenvalue weighted by atomic mass is 16.5. The van der Waals surface area contributed by atoms with Crippen molar-refractivity contribution in [2.75, 3.05) is 11.6 Å². The summed E-state index contributed by atoms with van der Waals surface area (Å²) in [4.78, 5) is 0. The number of hydrogen-bond acceptors (Lipinski definition) is 4. The highest BCUT2D eigenvalue weighted by Gasteiger charge is 2.46. The van der Waals surface area contributed by atoms with Crippen LogP contribution in [0.25, 0.3) is 0 Å². The van der Waals surface area contributed by atoms with Crippen molar-refractivity contribution in [3.63, 3.8) is 0 Å². The number of rotatable bonds is 2. The minimum atomic E-state index is 0.309. The fourth-order valence-electron chi connectivity index (χ4n) is 4.75. The van der Waals surface area contributed by atoms with Gasteiger partial charge in [-0.3, -0.25) is 5.01 Å². The maximum Gasteiger partial charge on any atom is 0.128 e. The molecule has 26 heavy (non-hydrogen) atoms. The van der Waals surface area contributed by atoms with E-state index in [0.29, 0.717) is 30.0 Å². The van der Waals surface area contributed by atoms with Crippen molar-refractivity contribution in [1.82, 2.24) is 0 Å². The van der Waals surface area contributed by atoms with Gasteiger partial charge in [0, 0.05) is 5.56 Å². The second kappa shape index (κ2) is 6.17. The van der Waals surface area contributed by atoms with Gasteiger partial charge in [0.25, 0.3) is 0 Å². The van der Waals surface area contributed by atoms with E-state index < -0.39 is 0 Å². The average molecular weight is 343 g/mol. The van der Waals surface area contributed by atoms with Crippen molar-refractivity contribution >= 4 is 11.4 Å². The van der Waals surface area contributed by atoms with Crippen LogP contribution in [0.2, 0.25) is 0 Å². The Hall–Kier alpha value is -2.80. The first-order valence-corrected chi connectivity index (χ1v) is 9.45. The van der Waals surface area contributed by atoms with Gasteiger partial charge in [0.05, 0.1) is 41.6 Å². The largest absolute Gasteiger partial charge is 0.492 e. The zero-order valence-electron chi connectivity index (χ0n) is 14.6. The van der Waals surface area contributed by atoms with Gasteiger partial charge in [0.1, 0.15) is 5.75 Å². The molecule has 2 atom stereocenters. The Morgan fingerprint density at radius 3 is 2.58 bits per heavy atom. The smallest absolute Gasteiger partial charge is 0.128 e. The van der Waals surface area contributed by atoms with Gasteiger partial charge in [0.15, 0.2) is 0 Å². The molecular formula is C22H21N3O. The SMILES string of the molecule is N#Cc1ccc(N2N=C3c4ccccc4OC[C@@H]3[C@@H]2C2CCCC2)cc1. The van der Waals surface area contributed by atoms with Crippen molar-refractivity contribution in [2.45, 2.75) is 31.7 Å². The Morgan fingerprint density at radius 1 is 1.04 bits per heavy atom. The average Bonchev–Trinajstić information content (AvgIpc) is 3.35. The molecule has 0 spiro atoms. The lowest BCUT2D eigenvalue weighted by Crippen LogP contribution is -2.43. The van der Waals surface area contributed by atoms with Gasteiger partial charge in [-0.05, 0) is 55.2 Å². The van der Waals surface area contributed by atoms with Crippen LogP contribution >= 0.6 is 0 Å². The number of nitriles is 1. The summed E-state index contributed by atoms with van der Waals surface area (Å²) in [6.07, 6.45) is 5.14. The maximum atomic E-state index is 9.09. The van der Waals surface area contributed by atoms with Gasteiger partial charge in [-0.25, -0.2) is 0 Å². The van der Waals surface area contributed by atoms with E-state index in [1.165, 1.54) is 25.7 Å². The number of benzene rings is 2. The van der Waals surface area contributed by atoms with E-state index in [4.69, 9.17) is 15.1 Å². The molecule has 1 saturated carbocycles. The zero-order valence-corrected chi connectivity index (χ0v) is 14.6. The molecule has 1 fully saturated rings. The third-order valence-corrected chi connectivity index (χ3v) is 5.99. The Bertz CT molecular complexity index is 890. The number of nitrogens with zero attached hydrogens (tertiary/aromatic N) is 3. The third-order valence-electron chi connectivity index (χ3n) is 5.99. The second-order valence-electron chi connectivity index (χ2n) is 7.44. The fourth-order valence-corrected chi connectivity index (χ4v) is 4.75. The van der Waals surface area contributed by atoms with Gasteiger partial charge in [-0.1, -0.05) is 25.0 Å². The molecule has 4 nitrogen and oxygen atoms in total. The molecular weight excluding hydrogens is 322 g/mol. The summed E-state index contributed by atoms with van der Waals surface area (Å²) in [5.74, 6) is 1.89. The van der Waals surface area contributed by atoms with E-state index in [2.05, 4.69) is 23.2 Å². The lowest BCUT2D eigenvalue weighted by Gasteiger charge is -2.34. The molecule has 2 aromatic carbocycles. The first-order valence-electron chi connectivity index (χ1n) is 9.45. The van der Waals surface area contributed by atoms with Crippen molar-refractivity contribution < 1.29 is 4.74 Å². The van der Waals surface area contributed by atoms with Crippen LogP contribution in [-0.2, 0) is 0 Å². The molecule has 0 unspecified atom stereocenters. The van der Waals surface area contributed by atoms with Crippen LogP contribution in [0.4, 0.5) is 5.69 Å². The molecule has 1 aliphatic carbocycles. The molecule has 5 rings (SSSR count). The van der Waals surface area contributed by atoms with Gasteiger partial charge in [-0.15, -0.1) is 0 Å². The molecule has 4 heteroatoms. The molecule has 130 valence electrons. The van der Waals surface area contributed by atoms with Gasteiger partial charge in [0.2, 0.25) is 0 Å². The number of ether oxygens (including phenoxy) is 1. The summed E-state index contributed by atoms with van der Waals surface area (Å²) < 4.78 is 6.10. The monoisotopic (exact) mass is 343 g/mol. The lowest BCUT2D eigenvalue weighted by molar-refractivity contribution is 0.233. The summed E-state index contributed by atoms with van der Waals surface area (Å²) in [5.41, 5.74) is 4.04. The van der Waals surface area contributed by atoms with Crippen LogP contribution in [0.3, 0.4) is 0 Å². The van der Waals surface area contributed by atoms with Gasteiger partial charge >= 0.3 is 0 Å². The van der Waals surface area contributed by atoms with Crippen LogP contribution in [0.5, 0.6) is 5.75 Å². The number of para-hydroxylation sites is 1. The summed E-state index contributed by atoms with van der Waals surface area (Å²) in [6.45, 7) is 0.698. The minimum Gasteiger partial charge on any atom is -0.492 e. The molecule has 2 aromatic rings. The minimum absolute atomic E-state index is 0.309. The summed E-state index contributed by atoms with van der Waals surface area (Å²) in [6, 6.07) is 18.6. The molecule has 0 N–H and O–H groups in total. The van der Waals surface area contributed by atoms with E-state index in [9.17, 15) is 0 Å². The Kier molecular flexibility index (Phi) is 3.67. The van der Waals surface area contributed by atoms with E-state index in [1.807, 2.05) is 36.4 Å². The van der Waals surface area contributed by atoms with E-state index in [1.54, 1.807) is 0 Å². The Labute approximate surface area is 153 Å². The van der Waals surface area contributed by atoms with Crippen molar-refractivity contribution in [2.24, 2.45) is 16.9 Å². The highest BCUT2D eigenvalue weighted by molar-refractivity contribution is 6.07. The number of hydrogen-bond donors (Lipinski definition) is 0. The van der Waals surface area contributed by atoms with Crippen molar-refractivity contribution in [3.05, 3.63) is 59.7 Å². The molecule has 3 aliphatic rings. The summed E-state index contributed by atoms with van der Waals surface area (Å²) >= 11 is 0. The maximum absolute atomic E-state index is 9.09. The molecule has 0 bridgehead atoms. The predicted octanol–water partition coefficient (Wildman–Crippen LogP) is 4.35. The molecule has 2 heterocycles. The number of hydrazone groups is 1. The number of fused-ring (bicyclic) bond motifs is 3. The summed E-state index contributed by atoms with van der Waals surface area (Å²) in [7, 11) is 0. The predicted molar refractivity (Wildman–Crippen MR) is 101 cm³/mol. The van der Waals surface area contributed by atoms with Crippen LogP contribution in [0, 0.1) is 23.2 Å². The lowest BCUT2D eigenvalue weighted by atomic mass is 9.82. The third kappa shape index (κ3) is 2.39. The molecule has 2 aliphatic heterocycles.